The third-order valence-electron chi connectivity index (χ3n) is 4.74. The normalized spacial score (nSPS) is 16.7. The van der Waals surface area contributed by atoms with Crippen LogP contribution >= 0.6 is 0 Å². The number of likely N-dealkylation sites (tertiary alicyclic amines) is 1. The lowest BCUT2D eigenvalue weighted by atomic mass is 9.96. The number of hydrogen-bond donors (Lipinski definition) is 1. The van der Waals surface area contributed by atoms with E-state index in [4.69, 9.17) is 11.0 Å². The van der Waals surface area contributed by atoms with E-state index in [-0.39, 0.29) is 23.8 Å². The second-order valence-electron chi connectivity index (χ2n) is 6.40. The average molecular weight is 328 g/mol. The summed E-state index contributed by atoms with van der Waals surface area (Å²) in [7, 11) is 1.91. The smallest absolute Gasteiger partial charge is 0.239 e. The second kappa shape index (κ2) is 7.93. The summed E-state index contributed by atoms with van der Waals surface area (Å²) in [4.78, 5) is 27.7. The number of piperidine rings is 1. The van der Waals surface area contributed by atoms with E-state index in [2.05, 4.69) is 6.07 Å². The maximum atomic E-state index is 12.6. The molecule has 6 nitrogen and oxygen atoms in total. The topological polar surface area (TPSA) is 90.4 Å². The molecule has 2 N–H and O–H groups in total. The summed E-state index contributed by atoms with van der Waals surface area (Å²) in [5, 5.41) is 8.83. The Morgan fingerprint density at radius 1 is 1.33 bits per heavy atom. The highest BCUT2D eigenvalue weighted by Gasteiger charge is 2.29. The van der Waals surface area contributed by atoms with Crippen molar-refractivity contribution in [1.29, 1.82) is 5.26 Å². The molecular formula is C18H24N4O2. The molecule has 0 bridgehead atoms. The molecule has 1 atom stereocenters. The predicted molar refractivity (Wildman–Crippen MR) is 90.6 cm³/mol. The van der Waals surface area contributed by atoms with Gasteiger partial charge in [-0.2, -0.15) is 5.26 Å². The van der Waals surface area contributed by atoms with E-state index in [9.17, 15) is 9.59 Å². The molecule has 0 unspecified atom stereocenters. The van der Waals surface area contributed by atoms with Crippen LogP contribution in [0.2, 0.25) is 0 Å². The fraction of sp³-hybridized carbons (Fsp3) is 0.500. The van der Waals surface area contributed by atoms with Crippen LogP contribution in [-0.4, -0.2) is 47.8 Å². The molecule has 0 aliphatic carbocycles. The molecule has 1 aliphatic rings. The Labute approximate surface area is 142 Å². The Morgan fingerprint density at radius 3 is 2.42 bits per heavy atom. The third-order valence-corrected chi connectivity index (χ3v) is 4.74. The number of nitriles is 1. The lowest BCUT2D eigenvalue weighted by Crippen LogP contribution is -2.49. The van der Waals surface area contributed by atoms with E-state index >= 15 is 0 Å². The molecule has 1 aromatic rings. The average Bonchev–Trinajstić information content (AvgIpc) is 2.61. The van der Waals surface area contributed by atoms with Crippen molar-refractivity contribution >= 4 is 11.8 Å². The van der Waals surface area contributed by atoms with Gasteiger partial charge in [-0.1, -0.05) is 12.1 Å². The van der Waals surface area contributed by atoms with Crippen LogP contribution in [0.15, 0.2) is 24.3 Å². The molecule has 1 fully saturated rings. The molecule has 1 saturated heterocycles. The molecule has 0 spiro atoms. The van der Waals surface area contributed by atoms with Gasteiger partial charge in [0, 0.05) is 25.6 Å². The molecule has 24 heavy (non-hydrogen) atoms. The first kappa shape index (κ1) is 18.0. The van der Waals surface area contributed by atoms with Gasteiger partial charge < -0.3 is 10.6 Å². The fourth-order valence-electron chi connectivity index (χ4n) is 2.95. The Morgan fingerprint density at radius 2 is 1.92 bits per heavy atom. The Kier molecular flexibility index (Phi) is 5.93. The zero-order valence-electron chi connectivity index (χ0n) is 14.2. The number of benzene rings is 1. The van der Waals surface area contributed by atoms with Gasteiger partial charge in [-0.3, -0.25) is 14.5 Å². The molecule has 2 rings (SSSR count). The van der Waals surface area contributed by atoms with Crippen LogP contribution in [0.3, 0.4) is 0 Å². The van der Waals surface area contributed by atoms with Gasteiger partial charge in [0.25, 0.3) is 0 Å². The van der Waals surface area contributed by atoms with E-state index in [1.807, 2.05) is 35.9 Å². The van der Waals surface area contributed by atoms with Crippen LogP contribution in [0.25, 0.3) is 0 Å². The van der Waals surface area contributed by atoms with Crippen molar-refractivity contribution in [2.45, 2.75) is 32.4 Å². The maximum Gasteiger partial charge on any atom is 0.239 e. The number of carbonyl (C=O) groups excluding carboxylic acids is 2. The number of likely N-dealkylation sites (N-methyl/N-ethyl adjacent to an activating group) is 1. The van der Waals surface area contributed by atoms with Crippen molar-refractivity contribution in [2.75, 3.05) is 20.1 Å². The summed E-state index contributed by atoms with van der Waals surface area (Å²) in [5.41, 5.74) is 7.02. The molecule has 1 heterocycles. The molecular weight excluding hydrogens is 304 g/mol. The molecule has 0 aromatic heterocycles. The van der Waals surface area contributed by atoms with Gasteiger partial charge >= 0.3 is 0 Å². The number of rotatable bonds is 5. The number of primary amides is 1. The third kappa shape index (κ3) is 4.33. The van der Waals surface area contributed by atoms with E-state index < -0.39 is 0 Å². The van der Waals surface area contributed by atoms with Crippen molar-refractivity contribution in [3.05, 3.63) is 35.4 Å². The first-order valence-corrected chi connectivity index (χ1v) is 8.19. The van der Waals surface area contributed by atoms with Gasteiger partial charge in [0.15, 0.2) is 0 Å². The van der Waals surface area contributed by atoms with Gasteiger partial charge in [0.05, 0.1) is 17.7 Å². The zero-order valence-corrected chi connectivity index (χ0v) is 14.2. The van der Waals surface area contributed by atoms with Crippen LogP contribution in [-0.2, 0) is 16.1 Å². The molecule has 2 amide bonds. The Bertz CT molecular complexity index is 627. The molecule has 6 heteroatoms. The van der Waals surface area contributed by atoms with Crippen molar-refractivity contribution in [2.24, 2.45) is 11.7 Å². The summed E-state index contributed by atoms with van der Waals surface area (Å²) in [6, 6.07) is 9.23. The highest BCUT2D eigenvalue weighted by atomic mass is 16.2. The lowest BCUT2D eigenvalue weighted by molar-refractivity contribution is -0.139. The van der Waals surface area contributed by atoms with Crippen molar-refractivity contribution in [3.63, 3.8) is 0 Å². The van der Waals surface area contributed by atoms with E-state index in [1.165, 1.54) is 0 Å². The lowest BCUT2D eigenvalue weighted by Gasteiger charge is -2.34. The molecule has 1 aliphatic heterocycles. The van der Waals surface area contributed by atoms with Crippen LogP contribution < -0.4 is 5.73 Å². The van der Waals surface area contributed by atoms with Crippen LogP contribution in [0.4, 0.5) is 0 Å². The van der Waals surface area contributed by atoms with Gasteiger partial charge in [0.1, 0.15) is 0 Å². The molecule has 1 aromatic carbocycles. The standard InChI is InChI=1S/C18H24N4O2/c1-13(18(24)22-9-7-16(8-10-22)17(20)23)21(2)12-15-5-3-14(11-19)4-6-15/h3-6,13,16H,7-10,12H2,1-2H3,(H2,20,23)/t13-/m0/s1. The largest absolute Gasteiger partial charge is 0.369 e. The minimum Gasteiger partial charge on any atom is -0.369 e. The maximum absolute atomic E-state index is 12.6. The SMILES string of the molecule is C[C@@H](C(=O)N1CCC(C(N)=O)CC1)N(C)Cc1ccc(C#N)cc1. The minimum absolute atomic E-state index is 0.0778. The van der Waals surface area contributed by atoms with Crippen molar-refractivity contribution < 1.29 is 9.59 Å². The van der Waals surface area contributed by atoms with Crippen molar-refractivity contribution in [3.8, 4) is 6.07 Å². The number of amides is 2. The van der Waals surface area contributed by atoms with Crippen LogP contribution in [0.5, 0.6) is 0 Å². The first-order valence-electron chi connectivity index (χ1n) is 8.19. The van der Waals surface area contributed by atoms with Crippen molar-refractivity contribution in [1.82, 2.24) is 9.80 Å². The van der Waals surface area contributed by atoms with Crippen LogP contribution in [0, 0.1) is 17.2 Å². The van der Waals surface area contributed by atoms with Gasteiger partial charge in [-0.05, 0) is 44.5 Å². The Hall–Kier alpha value is -2.39. The van der Waals surface area contributed by atoms with Gasteiger partial charge in [-0.25, -0.2) is 0 Å². The van der Waals surface area contributed by atoms with Crippen LogP contribution in [0.1, 0.15) is 30.9 Å². The number of hydrogen-bond acceptors (Lipinski definition) is 4. The van der Waals surface area contributed by atoms with E-state index in [0.29, 0.717) is 38.0 Å². The number of carbonyl (C=O) groups is 2. The monoisotopic (exact) mass is 328 g/mol. The summed E-state index contributed by atoms with van der Waals surface area (Å²) < 4.78 is 0. The number of nitrogens with zero attached hydrogens (tertiary/aromatic N) is 3. The summed E-state index contributed by atoms with van der Waals surface area (Å²) in [5.74, 6) is -0.303. The first-order chi connectivity index (χ1) is 11.4. The van der Waals surface area contributed by atoms with E-state index in [0.717, 1.165) is 5.56 Å². The highest BCUT2D eigenvalue weighted by molar-refractivity contribution is 5.82. The zero-order chi connectivity index (χ0) is 17.7. The highest BCUT2D eigenvalue weighted by Crippen LogP contribution is 2.18. The molecule has 128 valence electrons. The second-order valence-corrected chi connectivity index (χ2v) is 6.40. The predicted octanol–water partition coefficient (Wildman–Crippen LogP) is 1.10. The summed E-state index contributed by atoms with van der Waals surface area (Å²) >= 11 is 0. The minimum atomic E-state index is -0.270. The molecule has 0 radical (unpaired) electrons. The quantitative estimate of drug-likeness (QED) is 0.876. The van der Waals surface area contributed by atoms with E-state index in [1.54, 1.807) is 12.1 Å². The Balaban J connectivity index is 1.90. The number of nitrogens with two attached hydrogens (primary N) is 1. The van der Waals surface area contributed by atoms with Gasteiger partial charge in [-0.15, -0.1) is 0 Å². The summed E-state index contributed by atoms with van der Waals surface area (Å²) in [6.45, 7) is 3.70. The van der Waals surface area contributed by atoms with Gasteiger partial charge in [0.2, 0.25) is 11.8 Å². The fourth-order valence-corrected chi connectivity index (χ4v) is 2.95. The summed E-state index contributed by atoms with van der Waals surface area (Å²) in [6.07, 6.45) is 1.29. The molecule has 0 saturated carbocycles.